The van der Waals surface area contributed by atoms with Gasteiger partial charge >= 0.3 is 12.3 Å². The van der Waals surface area contributed by atoms with Gasteiger partial charge in [0.25, 0.3) is 20.0 Å². The summed E-state index contributed by atoms with van der Waals surface area (Å²) in [7, 11) is -9.12. The number of sulfonamides is 2. The summed E-state index contributed by atoms with van der Waals surface area (Å²) in [5.41, 5.74) is -1.57. The van der Waals surface area contributed by atoms with E-state index in [1.165, 1.54) is 30.5 Å². The Bertz CT molecular complexity index is 1840. The zero-order chi connectivity index (χ0) is 33.4. The van der Waals surface area contributed by atoms with E-state index in [4.69, 9.17) is 9.47 Å². The van der Waals surface area contributed by atoms with Gasteiger partial charge in [-0.05, 0) is 81.8 Å². The third-order valence-electron chi connectivity index (χ3n) is 6.11. The van der Waals surface area contributed by atoms with Gasteiger partial charge in [-0.1, -0.05) is 6.07 Å². The summed E-state index contributed by atoms with van der Waals surface area (Å²) >= 11 is 0. The molecule has 0 spiro atoms. The fraction of sp³-hybridized carbons (Fsp3) is 0.321. The van der Waals surface area contributed by atoms with E-state index < -0.39 is 78.4 Å². The normalized spacial score (nSPS) is 15.4. The third kappa shape index (κ3) is 8.21. The molecular weight excluding hydrogens is 641 g/mol. The molecule has 17 heteroatoms. The Kier molecular flexibility index (Phi) is 9.08. The van der Waals surface area contributed by atoms with Crippen LogP contribution in [-0.4, -0.2) is 52.1 Å². The number of amides is 2. The average molecular weight is 671 g/mol. The second kappa shape index (κ2) is 12.2. The number of halogens is 3. The summed E-state index contributed by atoms with van der Waals surface area (Å²) in [6.07, 6.45) is -6.37. The smallest absolute Gasteiger partial charge is 0.416 e. The molecule has 1 atom stereocenters. The molecule has 1 aromatic heterocycles. The predicted molar refractivity (Wildman–Crippen MR) is 156 cm³/mol. The summed E-state index contributed by atoms with van der Waals surface area (Å²) in [5, 5.41) is 2.04. The maximum atomic E-state index is 13.8. The van der Waals surface area contributed by atoms with E-state index in [9.17, 15) is 39.6 Å². The lowest BCUT2D eigenvalue weighted by molar-refractivity contribution is -0.137. The lowest BCUT2D eigenvalue weighted by atomic mass is 10.1. The van der Waals surface area contributed by atoms with Crippen molar-refractivity contribution in [2.24, 2.45) is 0 Å². The molecule has 0 fully saturated rings. The molecule has 0 unspecified atom stereocenters. The SMILES string of the molecule is Cc1ccnc(S(=O)(=O)NC(=O)C[C@H]2CN(S(=O)(=O)c3cccc(C(F)(F)F)c3)c3cc(NC(=O)OC(C)(C)C)ccc3O2)c1. The number of rotatable bonds is 7. The first-order valence-electron chi connectivity index (χ1n) is 13.2. The number of carbonyl (C=O) groups excluding carboxylic acids is 2. The molecule has 0 saturated heterocycles. The van der Waals surface area contributed by atoms with Crippen molar-refractivity contribution >= 4 is 43.4 Å². The van der Waals surface area contributed by atoms with Crippen molar-refractivity contribution in [3.63, 3.8) is 0 Å². The molecule has 2 heterocycles. The third-order valence-corrected chi connectivity index (χ3v) is 9.16. The van der Waals surface area contributed by atoms with E-state index in [1.807, 2.05) is 4.72 Å². The van der Waals surface area contributed by atoms with Gasteiger partial charge in [-0.25, -0.2) is 22.9 Å². The zero-order valence-electron chi connectivity index (χ0n) is 24.4. The van der Waals surface area contributed by atoms with Crippen LogP contribution >= 0.6 is 0 Å². The van der Waals surface area contributed by atoms with Gasteiger partial charge in [-0.2, -0.15) is 21.6 Å². The van der Waals surface area contributed by atoms with Crippen LogP contribution in [0.1, 0.15) is 38.3 Å². The minimum absolute atomic E-state index is 0.0729. The Hall–Kier alpha value is -4.38. The molecule has 3 aromatic rings. The molecule has 0 aliphatic carbocycles. The largest absolute Gasteiger partial charge is 0.486 e. The number of aromatic nitrogens is 1. The van der Waals surface area contributed by atoms with E-state index in [0.717, 1.165) is 16.4 Å². The Balaban J connectivity index is 1.68. The van der Waals surface area contributed by atoms with Gasteiger partial charge in [-0.3, -0.25) is 14.4 Å². The molecule has 2 amide bonds. The van der Waals surface area contributed by atoms with Crippen molar-refractivity contribution in [2.45, 2.75) is 61.9 Å². The van der Waals surface area contributed by atoms with Gasteiger partial charge in [0, 0.05) is 11.9 Å². The maximum Gasteiger partial charge on any atom is 0.416 e. The van der Waals surface area contributed by atoms with Crippen LogP contribution < -0.4 is 19.1 Å². The molecule has 2 N–H and O–H groups in total. The van der Waals surface area contributed by atoms with Crippen LogP contribution in [0.3, 0.4) is 0 Å². The van der Waals surface area contributed by atoms with E-state index in [-0.39, 0.29) is 17.1 Å². The lowest BCUT2D eigenvalue weighted by Crippen LogP contribution is -2.46. The first-order chi connectivity index (χ1) is 20.7. The molecule has 12 nitrogen and oxygen atoms in total. The quantitative estimate of drug-likeness (QED) is 0.366. The minimum atomic E-state index is -4.84. The van der Waals surface area contributed by atoms with Gasteiger partial charge in [0.1, 0.15) is 17.5 Å². The van der Waals surface area contributed by atoms with Crippen molar-refractivity contribution in [2.75, 3.05) is 16.2 Å². The van der Waals surface area contributed by atoms with Gasteiger partial charge < -0.3 is 9.47 Å². The lowest BCUT2D eigenvalue weighted by Gasteiger charge is -2.35. The maximum absolute atomic E-state index is 13.8. The van der Waals surface area contributed by atoms with Crippen LogP contribution in [0.2, 0.25) is 0 Å². The summed E-state index contributed by atoms with van der Waals surface area (Å²) < 4.78 is 107. The van der Waals surface area contributed by atoms with Crippen LogP contribution in [-0.2, 0) is 35.8 Å². The predicted octanol–water partition coefficient (Wildman–Crippen LogP) is 4.61. The van der Waals surface area contributed by atoms with E-state index >= 15 is 0 Å². The van der Waals surface area contributed by atoms with Gasteiger partial charge in [0.2, 0.25) is 5.91 Å². The molecule has 0 bridgehead atoms. The number of pyridine rings is 1. The summed E-state index contributed by atoms with van der Waals surface area (Å²) in [6.45, 7) is 5.93. The van der Waals surface area contributed by atoms with Crippen LogP contribution in [0.4, 0.5) is 29.3 Å². The van der Waals surface area contributed by atoms with E-state index in [0.29, 0.717) is 17.7 Å². The molecule has 4 rings (SSSR count). The number of alkyl halides is 3. The number of fused-ring (bicyclic) bond motifs is 1. The minimum Gasteiger partial charge on any atom is -0.486 e. The summed E-state index contributed by atoms with van der Waals surface area (Å²) in [4.78, 5) is 28.2. The fourth-order valence-corrected chi connectivity index (χ4v) is 6.78. The van der Waals surface area contributed by atoms with E-state index in [2.05, 4.69) is 10.3 Å². The average Bonchev–Trinajstić information content (AvgIpc) is 2.91. The van der Waals surface area contributed by atoms with Crippen LogP contribution in [0, 0.1) is 6.92 Å². The molecule has 1 aliphatic heterocycles. The van der Waals surface area contributed by atoms with Crippen molar-refractivity contribution in [3.8, 4) is 5.75 Å². The molecular formula is C28H29F3N4O8S2. The number of anilines is 2. The monoisotopic (exact) mass is 670 g/mol. The van der Waals surface area contributed by atoms with Crippen LogP contribution in [0.25, 0.3) is 0 Å². The highest BCUT2D eigenvalue weighted by molar-refractivity contribution is 7.92. The Morgan fingerprint density at radius 2 is 1.76 bits per heavy atom. The first kappa shape index (κ1) is 33.5. The number of benzene rings is 2. The number of hydrogen-bond acceptors (Lipinski definition) is 9. The highest BCUT2D eigenvalue weighted by Crippen LogP contribution is 2.40. The fourth-order valence-electron chi connectivity index (χ4n) is 4.21. The van der Waals surface area contributed by atoms with Crippen molar-refractivity contribution < 1.29 is 49.1 Å². The van der Waals surface area contributed by atoms with Crippen LogP contribution in [0.15, 0.2) is 70.7 Å². The van der Waals surface area contributed by atoms with Crippen molar-refractivity contribution in [1.29, 1.82) is 0 Å². The van der Waals surface area contributed by atoms with Gasteiger partial charge in [0.05, 0.1) is 29.1 Å². The van der Waals surface area contributed by atoms with E-state index in [1.54, 1.807) is 33.8 Å². The second-order valence-electron chi connectivity index (χ2n) is 11.0. The summed E-state index contributed by atoms with van der Waals surface area (Å²) in [5.74, 6) is -1.15. The summed E-state index contributed by atoms with van der Waals surface area (Å²) in [6, 6.07) is 9.76. The van der Waals surface area contributed by atoms with Crippen LogP contribution in [0.5, 0.6) is 5.75 Å². The number of carbonyl (C=O) groups is 2. The molecule has 0 radical (unpaired) electrons. The molecule has 0 saturated carbocycles. The Labute approximate surface area is 257 Å². The Morgan fingerprint density at radius 3 is 2.40 bits per heavy atom. The standard InChI is InChI=1S/C28H29F3N4O8S2/c1-17-10-11-32-25(12-17)44(38,39)34-24(36)15-20-16-35(45(40,41)21-7-5-6-18(13-21)28(29,30)31)22-14-19(8-9-23(22)42-20)33-26(37)43-27(2,3)4/h5-14,20H,15-16H2,1-4H3,(H,33,37)(H,34,36)/t20-/m0/s1. The van der Waals surface area contributed by atoms with Crippen molar-refractivity contribution in [3.05, 3.63) is 71.9 Å². The Morgan fingerprint density at radius 1 is 1.04 bits per heavy atom. The molecule has 1 aliphatic rings. The zero-order valence-corrected chi connectivity index (χ0v) is 26.0. The van der Waals surface area contributed by atoms with Gasteiger partial charge in [-0.15, -0.1) is 0 Å². The van der Waals surface area contributed by atoms with Gasteiger partial charge in [0.15, 0.2) is 5.03 Å². The highest BCUT2D eigenvalue weighted by atomic mass is 32.2. The number of nitrogens with zero attached hydrogens (tertiary/aromatic N) is 2. The second-order valence-corrected chi connectivity index (χ2v) is 14.5. The molecule has 242 valence electrons. The first-order valence-corrected chi connectivity index (χ1v) is 16.2. The molecule has 45 heavy (non-hydrogen) atoms. The highest BCUT2D eigenvalue weighted by Gasteiger charge is 2.38. The molecule has 2 aromatic carbocycles. The number of ether oxygens (including phenoxy) is 2. The van der Waals surface area contributed by atoms with Crippen molar-refractivity contribution in [1.82, 2.24) is 9.71 Å². The number of hydrogen-bond donors (Lipinski definition) is 2. The number of aryl methyl sites for hydroxylation is 1. The number of nitrogens with one attached hydrogen (secondary N) is 2. The topological polar surface area (TPSA) is 161 Å².